The van der Waals surface area contributed by atoms with Crippen LogP contribution in [0.4, 0.5) is 0 Å². The molecule has 1 heterocycles. The zero-order valence-corrected chi connectivity index (χ0v) is 6.73. The Kier molecular flexibility index (Phi) is 2.56. The van der Waals surface area contributed by atoms with E-state index < -0.39 is 0 Å². The fourth-order valence-electron chi connectivity index (χ4n) is 1.16. The molecule has 1 saturated heterocycles. The molecule has 0 aromatic carbocycles. The maximum Gasteiger partial charge on any atom is 0.334 e. The van der Waals surface area contributed by atoms with Crippen LogP contribution in [0.1, 0.15) is 13.3 Å². The highest BCUT2D eigenvalue weighted by atomic mass is 32.1. The number of thiol groups is 1. The standard InChI is InChI=1S/C6H11NO2S/c1-4-2-5(7-3-4)6(8)9-10/h4-5,7,10H,2-3H2,1H3/t4?,5-/m0/s1. The van der Waals surface area contributed by atoms with Crippen molar-refractivity contribution in [2.75, 3.05) is 6.54 Å². The molecular weight excluding hydrogens is 150 g/mol. The van der Waals surface area contributed by atoms with Crippen molar-refractivity contribution in [2.45, 2.75) is 19.4 Å². The van der Waals surface area contributed by atoms with Gasteiger partial charge in [-0.3, -0.25) is 0 Å². The molecule has 4 heteroatoms. The monoisotopic (exact) mass is 161 g/mol. The third-order valence-corrected chi connectivity index (χ3v) is 1.91. The Morgan fingerprint density at radius 2 is 2.50 bits per heavy atom. The van der Waals surface area contributed by atoms with Crippen molar-refractivity contribution in [1.29, 1.82) is 0 Å². The normalized spacial score (nSPS) is 32.2. The van der Waals surface area contributed by atoms with E-state index in [4.69, 9.17) is 0 Å². The van der Waals surface area contributed by atoms with Crippen molar-refractivity contribution in [3.05, 3.63) is 0 Å². The quantitative estimate of drug-likeness (QED) is 0.431. The van der Waals surface area contributed by atoms with Gasteiger partial charge in [0.1, 0.15) is 6.04 Å². The molecule has 1 aliphatic heterocycles. The van der Waals surface area contributed by atoms with Crippen LogP contribution in [-0.2, 0) is 8.98 Å². The topological polar surface area (TPSA) is 38.3 Å². The third kappa shape index (κ3) is 1.64. The summed E-state index contributed by atoms with van der Waals surface area (Å²) in [5, 5.41) is 3.03. The van der Waals surface area contributed by atoms with E-state index >= 15 is 0 Å². The molecule has 0 bridgehead atoms. The Morgan fingerprint density at radius 3 is 2.90 bits per heavy atom. The van der Waals surface area contributed by atoms with Gasteiger partial charge in [-0.1, -0.05) is 6.92 Å². The molecule has 0 radical (unpaired) electrons. The Bertz CT molecular complexity index is 140. The number of carbonyl (C=O) groups excluding carboxylic acids is 1. The van der Waals surface area contributed by atoms with Crippen LogP contribution in [0.2, 0.25) is 0 Å². The third-order valence-electron chi connectivity index (χ3n) is 1.73. The molecule has 0 saturated carbocycles. The van der Waals surface area contributed by atoms with E-state index in [1.807, 2.05) is 0 Å². The summed E-state index contributed by atoms with van der Waals surface area (Å²) in [6.45, 7) is 2.99. The molecule has 1 aliphatic rings. The van der Waals surface area contributed by atoms with Gasteiger partial charge < -0.3 is 9.50 Å². The van der Waals surface area contributed by atoms with Crippen molar-refractivity contribution in [3.63, 3.8) is 0 Å². The second-order valence-corrected chi connectivity index (χ2v) is 2.89. The summed E-state index contributed by atoms with van der Waals surface area (Å²) >= 11 is 3.43. The lowest BCUT2D eigenvalue weighted by Crippen LogP contribution is -2.30. The SMILES string of the molecule is CC1CN[C@H](C(=O)OS)C1. The summed E-state index contributed by atoms with van der Waals surface area (Å²) in [5.74, 6) is 0.296. The minimum atomic E-state index is -0.271. The van der Waals surface area contributed by atoms with Gasteiger partial charge in [0, 0.05) is 12.9 Å². The average Bonchev–Trinajstić information content (AvgIpc) is 2.34. The van der Waals surface area contributed by atoms with E-state index in [-0.39, 0.29) is 12.0 Å². The summed E-state index contributed by atoms with van der Waals surface area (Å²) in [6.07, 6.45) is 0.861. The smallest absolute Gasteiger partial charge is 0.334 e. The molecule has 3 nitrogen and oxygen atoms in total. The fraction of sp³-hybridized carbons (Fsp3) is 0.833. The predicted octanol–water partition coefficient (Wildman–Crippen LogP) is 0.372. The Labute approximate surface area is 65.7 Å². The molecule has 0 spiro atoms. The van der Waals surface area contributed by atoms with Crippen molar-refractivity contribution < 1.29 is 8.98 Å². The van der Waals surface area contributed by atoms with Gasteiger partial charge in [0.05, 0.1) is 0 Å². The molecule has 1 unspecified atom stereocenters. The second-order valence-electron chi connectivity index (χ2n) is 2.71. The maximum atomic E-state index is 10.8. The van der Waals surface area contributed by atoms with Crippen molar-refractivity contribution in [2.24, 2.45) is 5.92 Å². The van der Waals surface area contributed by atoms with Gasteiger partial charge in [-0.05, 0) is 18.9 Å². The number of nitrogens with one attached hydrogen (secondary N) is 1. The van der Waals surface area contributed by atoms with Crippen molar-refractivity contribution >= 4 is 18.9 Å². The molecule has 10 heavy (non-hydrogen) atoms. The first kappa shape index (κ1) is 7.88. The van der Waals surface area contributed by atoms with Crippen LogP contribution in [0, 0.1) is 5.92 Å². The summed E-state index contributed by atoms with van der Waals surface area (Å²) in [6, 6.07) is -0.132. The molecule has 0 aromatic heterocycles. The van der Waals surface area contributed by atoms with Crippen LogP contribution in [0.15, 0.2) is 0 Å². The van der Waals surface area contributed by atoms with E-state index in [0.717, 1.165) is 13.0 Å². The van der Waals surface area contributed by atoms with Gasteiger partial charge in [0.2, 0.25) is 0 Å². The molecular formula is C6H11NO2S. The summed E-state index contributed by atoms with van der Waals surface area (Å²) < 4.78 is 4.28. The van der Waals surface area contributed by atoms with Gasteiger partial charge >= 0.3 is 5.97 Å². The minimum absolute atomic E-state index is 0.132. The molecule has 1 N–H and O–H groups in total. The van der Waals surface area contributed by atoms with Gasteiger partial charge in [-0.2, -0.15) is 0 Å². The lowest BCUT2D eigenvalue weighted by atomic mass is 10.1. The summed E-state index contributed by atoms with van der Waals surface area (Å²) in [4.78, 5) is 10.8. The number of carbonyl (C=O) groups is 1. The summed E-state index contributed by atoms with van der Waals surface area (Å²) in [7, 11) is 0. The fourth-order valence-corrected chi connectivity index (χ4v) is 1.28. The maximum absolute atomic E-state index is 10.8. The molecule has 0 aliphatic carbocycles. The summed E-state index contributed by atoms with van der Waals surface area (Å²) in [5.41, 5.74) is 0. The van der Waals surface area contributed by atoms with Crippen LogP contribution in [0.25, 0.3) is 0 Å². The molecule has 58 valence electrons. The minimum Gasteiger partial charge on any atom is -0.393 e. The highest BCUT2D eigenvalue weighted by Gasteiger charge is 2.27. The van der Waals surface area contributed by atoms with E-state index in [0.29, 0.717) is 5.92 Å². The van der Waals surface area contributed by atoms with E-state index in [9.17, 15) is 4.79 Å². The molecule has 0 amide bonds. The first-order valence-corrected chi connectivity index (χ1v) is 3.69. The Morgan fingerprint density at radius 1 is 1.80 bits per heavy atom. The highest BCUT2D eigenvalue weighted by molar-refractivity contribution is 7.75. The van der Waals surface area contributed by atoms with E-state index in [1.54, 1.807) is 0 Å². The molecule has 1 fully saturated rings. The lowest BCUT2D eigenvalue weighted by Gasteiger charge is -2.04. The highest BCUT2D eigenvalue weighted by Crippen LogP contribution is 2.13. The second kappa shape index (κ2) is 3.25. The van der Waals surface area contributed by atoms with Crippen LogP contribution >= 0.6 is 12.9 Å². The van der Waals surface area contributed by atoms with Crippen LogP contribution in [0.5, 0.6) is 0 Å². The number of rotatable bonds is 1. The van der Waals surface area contributed by atoms with Gasteiger partial charge in [0.15, 0.2) is 0 Å². The number of hydrogen-bond donors (Lipinski definition) is 2. The Balaban J connectivity index is 2.37. The predicted molar refractivity (Wildman–Crippen MR) is 40.6 cm³/mol. The first-order valence-electron chi connectivity index (χ1n) is 3.32. The zero-order chi connectivity index (χ0) is 7.56. The first-order chi connectivity index (χ1) is 4.74. The van der Waals surface area contributed by atoms with Crippen LogP contribution < -0.4 is 5.32 Å². The van der Waals surface area contributed by atoms with E-state index in [1.165, 1.54) is 0 Å². The van der Waals surface area contributed by atoms with E-state index in [2.05, 4.69) is 29.3 Å². The molecule has 1 rings (SSSR count). The van der Waals surface area contributed by atoms with Crippen LogP contribution in [0.3, 0.4) is 0 Å². The van der Waals surface area contributed by atoms with Crippen molar-refractivity contribution in [3.8, 4) is 0 Å². The zero-order valence-electron chi connectivity index (χ0n) is 5.83. The van der Waals surface area contributed by atoms with Crippen LogP contribution in [-0.4, -0.2) is 18.6 Å². The lowest BCUT2D eigenvalue weighted by molar-refractivity contribution is -0.134. The average molecular weight is 161 g/mol. The Hall–Kier alpha value is -0.220. The van der Waals surface area contributed by atoms with Crippen molar-refractivity contribution in [1.82, 2.24) is 5.32 Å². The molecule has 0 aromatic rings. The molecule has 2 atom stereocenters. The van der Waals surface area contributed by atoms with Gasteiger partial charge in [0.25, 0.3) is 0 Å². The largest absolute Gasteiger partial charge is 0.393 e. The number of hydrogen-bond acceptors (Lipinski definition) is 4. The van der Waals surface area contributed by atoms with Gasteiger partial charge in [-0.25, -0.2) is 4.79 Å². The van der Waals surface area contributed by atoms with Gasteiger partial charge in [-0.15, -0.1) is 0 Å².